The predicted octanol–water partition coefficient (Wildman–Crippen LogP) is 3.15. The zero-order chi connectivity index (χ0) is 21.5. The Morgan fingerprint density at radius 1 is 1.32 bits per heavy atom. The van der Waals surface area contributed by atoms with Gasteiger partial charge in [0.15, 0.2) is 5.65 Å². The van der Waals surface area contributed by atoms with Gasteiger partial charge in [-0.15, -0.1) is 0 Å². The summed E-state index contributed by atoms with van der Waals surface area (Å²) in [7, 11) is 0. The Balaban J connectivity index is 1.47. The quantitative estimate of drug-likeness (QED) is 0.678. The van der Waals surface area contributed by atoms with Crippen molar-refractivity contribution in [3.63, 3.8) is 0 Å². The second kappa shape index (κ2) is 8.24. The molecule has 3 aromatic heterocycles. The van der Waals surface area contributed by atoms with E-state index in [0.29, 0.717) is 24.7 Å². The smallest absolute Gasteiger partial charge is 0.276 e. The van der Waals surface area contributed by atoms with Crippen molar-refractivity contribution in [2.24, 2.45) is 0 Å². The third kappa shape index (κ3) is 3.83. The van der Waals surface area contributed by atoms with Crippen LogP contribution in [0.15, 0.2) is 27.7 Å². The van der Waals surface area contributed by atoms with E-state index in [-0.39, 0.29) is 17.5 Å². The number of aromatic amines is 1. The molecule has 1 atom stereocenters. The fourth-order valence-electron chi connectivity index (χ4n) is 4.87. The number of likely N-dealkylation sites (tertiary alicyclic amines) is 1. The number of nitrogens with zero attached hydrogens (tertiary/aromatic N) is 4. The SMILES string of the molecule is CC(C)N1CCc2c(nc3cc(C4CCCCN4C(=O)Cc4ccsc4)[nH]n3c2=O)C1. The van der Waals surface area contributed by atoms with E-state index in [9.17, 15) is 9.59 Å². The normalized spacial score (nSPS) is 19.8. The molecule has 2 aliphatic rings. The summed E-state index contributed by atoms with van der Waals surface area (Å²) in [5.74, 6) is 0.147. The van der Waals surface area contributed by atoms with Crippen molar-refractivity contribution < 1.29 is 4.79 Å². The molecule has 3 aromatic rings. The molecule has 7 nitrogen and oxygen atoms in total. The summed E-state index contributed by atoms with van der Waals surface area (Å²) in [6.07, 6.45) is 4.15. The highest BCUT2D eigenvalue weighted by atomic mass is 32.1. The number of carbonyl (C=O) groups excluding carboxylic acids is 1. The number of H-pyrrole nitrogens is 1. The lowest BCUT2D eigenvalue weighted by atomic mass is 9.98. The summed E-state index contributed by atoms with van der Waals surface area (Å²) in [5, 5.41) is 7.34. The minimum absolute atomic E-state index is 0.00150. The summed E-state index contributed by atoms with van der Waals surface area (Å²) in [6, 6.07) is 4.38. The Hall–Kier alpha value is -2.45. The third-order valence-corrected chi connectivity index (χ3v) is 7.40. The van der Waals surface area contributed by atoms with Gasteiger partial charge < -0.3 is 4.90 Å². The summed E-state index contributed by atoms with van der Waals surface area (Å²) in [4.78, 5) is 35.4. The number of rotatable bonds is 4. The molecule has 2 aliphatic heterocycles. The largest absolute Gasteiger partial charge is 0.334 e. The molecule has 1 N–H and O–H groups in total. The topological polar surface area (TPSA) is 73.7 Å². The number of hydrogen-bond donors (Lipinski definition) is 1. The minimum atomic E-state index is -0.0369. The van der Waals surface area contributed by atoms with E-state index in [2.05, 4.69) is 23.8 Å². The zero-order valence-corrected chi connectivity index (χ0v) is 19.0. The molecular weight excluding hydrogens is 410 g/mol. The van der Waals surface area contributed by atoms with Crippen molar-refractivity contribution in [2.75, 3.05) is 13.1 Å². The number of thiophene rings is 1. The van der Waals surface area contributed by atoms with Crippen LogP contribution in [0.1, 0.15) is 61.7 Å². The van der Waals surface area contributed by atoms with Crippen LogP contribution in [0.4, 0.5) is 0 Å². The summed E-state index contributed by atoms with van der Waals surface area (Å²) in [6.45, 7) is 6.71. The van der Waals surface area contributed by atoms with Crippen molar-refractivity contribution in [3.8, 4) is 0 Å². The van der Waals surface area contributed by atoms with Crippen molar-refractivity contribution in [1.29, 1.82) is 0 Å². The first-order valence-corrected chi connectivity index (χ1v) is 12.1. The number of fused-ring (bicyclic) bond motifs is 2. The van der Waals surface area contributed by atoms with E-state index >= 15 is 0 Å². The lowest BCUT2D eigenvalue weighted by Crippen LogP contribution is -2.40. The molecule has 0 spiro atoms. The number of amides is 1. The molecule has 0 bridgehead atoms. The fraction of sp³-hybridized carbons (Fsp3) is 0.522. The van der Waals surface area contributed by atoms with E-state index in [1.165, 1.54) is 0 Å². The molecule has 1 fully saturated rings. The van der Waals surface area contributed by atoms with Gasteiger partial charge in [-0.1, -0.05) is 0 Å². The van der Waals surface area contributed by atoms with Gasteiger partial charge in [-0.3, -0.25) is 19.6 Å². The molecule has 0 aromatic carbocycles. The molecule has 1 saturated heterocycles. The van der Waals surface area contributed by atoms with E-state index in [1.807, 2.05) is 27.8 Å². The van der Waals surface area contributed by atoms with Gasteiger partial charge in [0.25, 0.3) is 5.56 Å². The maximum atomic E-state index is 13.2. The van der Waals surface area contributed by atoms with Gasteiger partial charge in [0.05, 0.1) is 23.9 Å². The number of carbonyl (C=O) groups is 1. The van der Waals surface area contributed by atoms with Gasteiger partial charge in [0.2, 0.25) is 5.91 Å². The van der Waals surface area contributed by atoms with Crippen LogP contribution in [0.2, 0.25) is 0 Å². The number of nitrogens with one attached hydrogen (secondary N) is 1. The third-order valence-electron chi connectivity index (χ3n) is 6.66. The first-order chi connectivity index (χ1) is 15.0. The first-order valence-electron chi connectivity index (χ1n) is 11.2. The Bertz CT molecular complexity index is 1150. The van der Waals surface area contributed by atoms with E-state index in [4.69, 9.17) is 4.98 Å². The molecule has 0 radical (unpaired) electrons. The molecule has 0 aliphatic carbocycles. The Labute approximate surface area is 185 Å². The molecular formula is C23H29N5O2S. The maximum Gasteiger partial charge on any atom is 0.276 e. The van der Waals surface area contributed by atoms with Gasteiger partial charge >= 0.3 is 0 Å². The van der Waals surface area contributed by atoms with Crippen molar-refractivity contribution in [2.45, 2.75) is 64.6 Å². The Morgan fingerprint density at radius 2 is 2.19 bits per heavy atom. The molecule has 1 unspecified atom stereocenters. The first kappa shape index (κ1) is 20.5. The Morgan fingerprint density at radius 3 is 2.97 bits per heavy atom. The van der Waals surface area contributed by atoms with Gasteiger partial charge in [0, 0.05) is 37.3 Å². The highest BCUT2D eigenvalue weighted by Crippen LogP contribution is 2.31. The molecule has 164 valence electrons. The summed E-state index contributed by atoms with van der Waals surface area (Å²) in [5.41, 5.74) is 4.34. The predicted molar refractivity (Wildman–Crippen MR) is 121 cm³/mol. The highest BCUT2D eigenvalue weighted by Gasteiger charge is 2.30. The lowest BCUT2D eigenvalue weighted by Gasteiger charge is -2.35. The van der Waals surface area contributed by atoms with E-state index in [1.54, 1.807) is 15.9 Å². The van der Waals surface area contributed by atoms with Crippen LogP contribution in [0.5, 0.6) is 0 Å². The number of hydrogen-bond acceptors (Lipinski definition) is 5. The molecule has 8 heteroatoms. The minimum Gasteiger partial charge on any atom is -0.334 e. The van der Waals surface area contributed by atoms with Gasteiger partial charge in [-0.25, -0.2) is 9.50 Å². The van der Waals surface area contributed by atoms with Crippen molar-refractivity contribution in [1.82, 2.24) is 24.4 Å². The highest BCUT2D eigenvalue weighted by molar-refractivity contribution is 7.08. The van der Waals surface area contributed by atoms with Crippen LogP contribution < -0.4 is 5.56 Å². The summed E-state index contributed by atoms with van der Waals surface area (Å²) < 4.78 is 1.58. The molecule has 5 heterocycles. The van der Waals surface area contributed by atoms with Crippen LogP contribution in [0.25, 0.3) is 5.65 Å². The van der Waals surface area contributed by atoms with E-state index in [0.717, 1.165) is 61.3 Å². The fourth-order valence-corrected chi connectivity index (χ4v) is 5.54. The van der Waals surface area contributed by atoms with Crippen LogP contribution in [0, 0.1) is 0 Å². The Kier molecular flexibility index (Phi) is 5.44. The maximum absolute atomic E-state index is 13.2. The monoisotopic (exact) mass is 439 g/mol. The van der Waals surface area contributed by atoms with Crippen molar-refractivity contribution in [3.05, 3.63) is 55.8 Å². The number of piperidine rings is 1. The standard InChI is InChI=1S/C23H29N5O2S/c1-15(2)26-9-6-17-19(13-26)24-21-12-18(25-28(21)23(17)30)20-5-3-4-8-27(20)22(29)11-16-7-10-31-14-16/h7,10,12,14-15,20,25H,3-6,8-9,11,13H2,1-2H3. The summed E-state index contributed by atoms with van der Waals surface area (Å²) >= 11 is 1.62. The van der Waals surface area contributed by atoms with Gasteiger partial charge in [0.1, 0.15) is 0 Å². The molecule has 1 amide bonds. The van der Waals surface area contributed by atoms with Gasteiger partial charge in [-0.05, 0) is 61.9 Å². The van der Waals surface area contributed by atoms with Crippen molar-refractivity contribution >= 4 is 22.9 Å². The average Bonchev–Trinajstić information content (AvgIpc) is 3.43. The van der Waals surface area contributed by atoms with Crippen LogP contribution in [-0.2, 0) is 24.2 Å². The van der Waals surface area contributed by atoms with Crippen LogP contribution in [0.3, 0.4) is 0 Å². The zero-order valence-electron chi connectivity index (χ0n) is 18.1. The van der Waals surface area contributed by atoms with Crippen LogP contribution >= 0.6 is 11.3 Å². The lowest BCUT2D eigenvalue weighted by molar-refractivity contribution is -0.134. The number of aromatic nitrogens is 3. The molecule has 5 rings (SSSR count). The van der Waals surface area contributed by atoms with Gasteiger partial charge in [-0.2, -0.15) is 11.3 Å². The van der Waals surface area contributed by atoms with E-state index < -0.39 is 0 Å². The second-order valence-corrected chi connectivity index (χ2v) is 9.75. The molecule has 0 saturated carbocycles. The second-order valence-electron chi connectivity index (χ2n) is 8.97. The average molecular weight is 440 g/mol. The molecule has 31 heavy (non-hydrogen) atoms. The van der Waals surface area contributed by atoms with Crippen LogP contribution in [-0.4, -0.2) is 49.4 Å².